The number of thiazole rings is 1. The zero-order chi connectivity index (χ0) is 16.8. The monoisotopic (exact) mass is 340 g/mol. The molecule has 0 spiro atoms. The van der Waals surface area contributed by atoms with Crippen LogP contribution in [0.4, 0.5) is 5.13 Å². The van der Waals surface area contributed by atoms with Gasteiger partial charge >= 0.3 is 0 Å². The first-order valence-corrected chi connectivity index (χ1v) is 9.12. The van der Waals surface area contributed by atoms with Crippen LogP contribution in [-0.2, 0) is 9.53 Å². The van der Waals surface area contributed by atoms with E-state index in [4.69, 9.17) is 4.74 Å². The Morgan fingerprint density at radius 2 is 2.04 bits per heavy atom. The van der Waals surface area contributed by atoms with Crippen molar-refractivity contribution in [2.75, 3.05) is 51.3 Å². The lowest BCUT2D eigenvalue weighted by Gasteiger charge is -2.37. The maximum Gasteiger partial charge on any atom is 0.243 e. The summed E-state index contributed by atoms with van der Waals surface area (Å²) in [5.74, 6) is 0.0292. The predicted molar refractivity (Wildman–Crippen MR) is 94.2 cm³/mol. The Balaban J connectivity index is 1.77. The normalized spacial score (nSPS) is 18.1. The van der Waals surface area contributed by atoms with Gasteiger partial charge < -0.3 is 10.1 Å². The van der Waals surface area contributed by atoms with E-state index in [1.54, 1.807) is 0 Å². The van der Waals surface area contributed by atoms with Crippen LogP contribution in [-0.4, -0.2) is 72.7 Å². The number of carbonyl (C=O) groups excluding carboxylic acids is 1. The average Bonchev–Trinajstić information content (AvgIpc) is 2.85. The second-order valence-corrected chi connectivity index (χ2v) is 7.10. The molecule has 7 heteroatoms. The van der Waals surface area contributed by atoms with Gasteiger partial charge in [0.1, 0.15) is 0 Å². The van der Waals surface area contributed by atoms with Gasteiger partial charge in [-0.2, -0.15) is 0 Å². The highest BCUT2D eigenvalue weighted by Crippen LogP contribution is 2.21. The van der Waals surface area contributed by atoms with Crippen LogP contribution >= 0.6 is 11.3 Å². The van der Waals surface area contributed by atoms with Crippen molar-refractivity contribution in [2.24, 2.45) is 0 Å². The number of ether oxygens (including phenoxy) is 1. The zero-order valence-electron chi connectivity index (χ0n) is 14.6. The summed E-state index contributed by atoms with van der Waals surface area (Å²) in [6, 6.07) is -0.131. The number of nitrogens with zero attached hydrogens (tertiary/aromatic N) is 3. The summed E-state index contributed by atoms with van der Waals surface area (Å²) in [6.07, 6.45) is 0. The van der Waals surface area contributed by atoms with E-state index in [0.717, 1.165) is 56.5 Å². The molecule has 0 radical (unpaired) electrons. The quantitative estimate of drug-likeness (QED) is 0.766. The Morgan fingerprint density at radius 3 is 2.61 bits per heavy atom. The number of aryl methyl sites for hydroxylation is 2. The van der Waals surface area contributed by atoms with Gasteiger partial charge in [-0.1, -0.05) is 0 Å². The molecule has 1 saturated heterocycles. The molecule has 2 rings (SSSR count). The fourth-order valence-electron chi connectivity index (χ4n) is 2.61. The third-order valence-corrected chi connectivity index (χ3v) is 5.34. The molecule has 1 fully saturated rings. The van der Waals surface area contributed by atoms with Crippen molar-refractivity contribution < 1.29 is 9.53 Å². The highest BCUT2D eigenvalue weighted by atomic mass is 32.1. The molecule has 0 saturated carbocycles. The van der Waals surface area contributed by atoms with Gasteiger partial charge in [-0.05, 0) is 27.7 Å². The lowest BCUT2D eigenvalue weighted by atomic mass is 10.2. The van der Waals surface area contributed by atoms with Crippen LogP contribution in [0.1, 0.15) is 24.4 Å². The first-order valence-electron chi connectivity index (χ1n) is 8.30. The molecule has 0 aromatic carbocycles. The molecule has 1 aromatic rings. The Labute approximate surface area is 142 Å². The van der Waals surface area contributed by atoms with Gasteiger partial charge in [0.05, 0.1) is 18.3 Å². The maximum atomic E-state index is 12.4. The number of amides is 1. The highest BCUT2D eigenvalue weighted by molar-refractivity contribution is 7.15. The van der Waals surface area contributed by atoms with Crippen LogP contribution in [0.5, 0.6) is 0 Å². The zero-order valence-corrected chi connectivity index (χ0v) is 15.4. The van der Waals surface area contributed by atoms with Crippen LogP contribution in [0.15, 0.2) is 0 Å². The summed E-state index contributed by atoms with van der Waals surface area (Å²) in [5.41, 5.74) is 0.987. The van der Waals surface area contributed by atoms with Crippen molar-refractivity contribution >= 4 is 22.4 Å². The SMILES string of the molecule is CCOCCN1CCN(C(C)C(=O)Nc2nc(C)c(C)s2)CC1. The van der Waals surface area contributed by atoms with Crippen molar-refractivity contribution in [1.29, 1.82) is 0 Å². The Bertz CT molecular complexity index is 493. The number of anilines is 1. The van der Waals surface area contributed by atoms with Crippen LogP contribution < -0.4 is 5.32 Å². The van der Waals surface area contributed by atoms with E-state index in [0.29, 0.717) is 5.13 Å². The molecule has 2 heterocycles. The topological polar surface area (TPSA) is 57.7 Å². The number of piperazine rings is 1. The first kappa shape index (κ1) is 18.3. The van der Waals surface area contributed by atoms with E-state index >= 15 is 0 Å². The lowest BCUT2D eigenvalue weighted by Crippen LogP contribution is -2.53. The third-order valence-electron chi connectivity index (χ3n) is 4.35. The number of nitrogens with one attached hydrogen (secondary N) is 1. The number of aromatic nitrogens is 1. The van der Waals surface area contributed by atoms with Crippen LogP contribution in [0, 0.1) is 13.8 Å². The van der Waals surface area contributed by atoms with Crippen LogP contribution in [0.2, 0.25) is 0 Å². The van der Waals surface area contributed by atoms with E-state index in [2.05, 4.69) is 20.1 Å². The van der Waals surface area contributed by atoms with Gasteiger partial charge in [0.25, 0.3) is 0 Å². The summed E-state index contributed by atoms with van der Waals surface area (Å²) < 4.78 is 5.40. The van der Waals surface area contributed by atoms with E-state index in [1.807, 2.05) is 27.7 Å². The van der Waals surface area contributed by atoms with E-state index in [9.17, 15) is 4.79 Å². The molecular weight excluding hydrogens is 312 g/mol. The van der Waals surface area contributed by atoms with E-state index in [1.165, 1.54) is 11.3 Å². The fraction of sp³-hybridized carbons (Fsp3) is 0.750. The summed E-state index contributed by atoms with van der Waals surface area (Å²) in [6.45, 7) is 14.3. The molecule has 1 atom stereocenters. The number of rotatable bonds is 7. The third kappa shape index (κ3) is 5.24. The summed E-state index contributed by atoms with van der Waals surface area (Å²) in [5, 5.41) is 3.65. The molecule has 1 N–H and O–H groups in total. The van der Waals surface area contributed by atoms with Crippen molar-refractivity contribution in [3.05, 3.63) is 10.6 Å². The second-order valence-electron chi connectivity index (χ2n) is 5.90. The molecule has 1 amide bonds. The Morgan fingerprint density at radius 1 is 1.35 bits per heavy atom. The first-order chi connectivity index (χ1) is 11.0. The van der Waals surface area contributed by atoms with Gasteiger partial charge in [0.2, 0.25) is 5.91 Å². The smallest absolute Gasteiger partial charge is 0.243 e. The Hall–Kier alpha value is -1.02. The van der Waals surface area contributed by atoms with Gasteiger partial charge in [-0.25, -0.2) is 4.98 Å². The lowest BCUT2D eigenvalue weighted by molar-refractivity contribution is -0.121. The minimum atomic E-state index is -0.131. The van der Waals surface area contributed by atoms with Gasteiger partial charge in [-0.15, -0.1) is 11.3 Å². The van der Waals surface area contributed by atoms with Crippen molar-refractivity contribution in [2.45, 2.75) is 33.7 Å². The summed E-state index contributed by atoms with van der Waals surface area (Å²) in [4.78, 5) is 22.6. The standard InChI is InChI=1S/C16H28N4O2S/c1-5-22-11-10-19-6-8-20(9-7-19)13(3)15(21)18-16-17-12(2)14(4)23-16/h13H,5-11H2,1-4H3,(H,17,18,21). The Kier molecular flexibility index (Phi) is 6.95. The number of hydrogen-bond acceptors (Lipinski definition) is 6. The van der Waals surface area contributed by atoms with E-state index < -0.39 is 0 Å². The largest absolute Gasteiger partial charge is 0.380 e. The predicted octanol–water partition coefficient (Wildman–Crippen LogP) is 1.74. The minimum absolute atomic E-state index is 0.0292. The average molecular weight is 340 g/mol. The molecule has 1 aliphatic rings. The fourth-order valence-corrected chi connectivity index (χ4v) is 3.43. The molecule has 6 nitrogen and oxygen atoms in total. The summed E-state index contributed by atoms with van der Waals surface area (Å²) >= 11 is 1.53. The molecule has 1 aliphatic heterocycles. The molecule has 1 unspecified atom stereocenters. The molecule has 0 aliphatic carbocycles. The van der Waals surface area contributed by atoms with Crippen molar-refractivity contribution in [3.8, 4) is 0 Å². The van der Waals surface area contributed by atoms with Gasteiger partial charge in [0, 0.05) is 44.2 Å². The molecule has 1 aromatic heterocycles. The highest BCUT2D eigenvalue weighted by Gasteiger charge is 2.26. The van der Waals surface area contributed by atoms with Gasteiger partial charge in [-0.3, -0.25) is 14.6 Å². The van der Waals surface area contributed by atoms with E-state index in [-0.39, 0.29) is 11.9 Å². The molecule has 23 heavy (non-hydrogen) atoms. The second kappa shape index (κ2) is 8.73. The number of hydrogen-bond donors (Lipinski definition) is 1. The summed E-state index contributed by atoms with van der Waals surface area (Å²) in [7, 11) is 0. The van der Waals surface area contributed by atoms with Crippen LogP contribution in [0.3, 0.4) is 0 Å². The number of carbonyl (C=O) groups is 1. The van der Waals surface area contributed by atoms with Crippen molar-refractivity contribution in [1.82, 2.24) is 14.8 Å². The van der Waals surface area contributed by atoms with Crippen LogP contribution in [0.25, 0.3) is 0 Å². The maximum absolute atomic E-state index is 12.4. The molecule has 130 valence electrons. The minimum Gasteiger partial charge on any atom is -0.380 e. The van der Waals surface area contributed by atoms with Gasteiger partial charge in [0.15, 0.2) is 5.13 Å². The van der Waals surface area contributed by atoms with Crippen molar-refractivity contribution in [3.63, 3.8) is 0 Å². The molecule has 0 bridgehead atoms. The molecular formula is C16H28N4O2S.